The van der Waals surface area contributed by atoms with Crippen molar-refractivity contribution in [3.05, 3.63) is 63.7 Å². The van der Waals surface area contributed by atoms with Crippen LogP contribution in [0.15, 0.2) is 52.6 Å². The molecule has 0 aliphatic rings. The van der Waals surface area contributed by atoms with Crippen LogP contribution in [0, 0.1) is 0 Å². The maximum Gasteiger partial charge on any atom is 0.337 e. The number of hydrogen-bond acceptors (Lipinski definition) is 4. The first-order chi connectivity index (χ1) is 11.9. The fourth-order valence-electron chi connectivity index (χ4n) is 2.23. The lowest BCUT2D eigenvalue weighted by molar-refractivity contribution is 0.0696. The molecule has 1 N–H and O–H groups in total. The number of aromatic carboxylic acids is 1. The second-order valence-electron chi connectivity index (χ2n) is 5.28. The van der Waals surface area contributed by atoms with Gasteiger partial charge in [0.15, 0.2) is 0 Å². The summed E-state index contributed by atoms with van der Waals surface area (Å²) in [6.07, 6.45) is 1.36. The van der Waals surface area contributed by atoms with E-state index in [2.05, 4.69) is 27.5 Å². The molecule has 0 unspecified atom stereocenters. The molecule has 0 saturated carbocycles. The molecule has 1 aromatic carbocycles. The minimum Gasteiger partial charge on any atom is -0.488 e. The van der Waals surface area contributed by atoms with E-state index in [9.17, 15) is 4.79 Å². The zero-order chi connectivity index (χ0) is 18.4. The van der Waals surface area contributed by atoms with Crippen LogP contribution < -0.4 is 9.64 Å². The first-order valence-electron chi connectivity index (χ1n) is 7.59. The van der Waals surface area contributed by atoms with Gasteiger partial charge in [-0.2, -0.15) is 0 Å². The molecule has 132 valence electrons. The molecule has 0 bridgehead atoms. The number of aromatic nitrogens is 1. The van der Waals surface area contributed by atoms with Gasteiger partial charge in [-0.25, -0.2) is 9.78 Å². The number of benzene rings is 1. The fourth-order valence-corrected chi connectivity index (χ4v) is 2.69. The second kappa shape index (κ2) is 8.87. The van der Waals surface area contributed by atoms with E-state index >= 15 is 0 Å². The summed E-state index contributed by atoms with van der Waals surface area (Å²) < 4.78 is 6.64. The molecule has 0 spiro atoms. The molecule has 0 aliphatic heterocycles. The maximum absolute atomic E-state index is 11.0. The van der Waals surface area contributed by atoms with E-state index in [1.54, 1.807) is 12.1 Å². The van der Waals surface area contributed by atoms with Crippen LogP contribution >= 0.6 is 27.5 Å². The number of anilines is 1. The summed E-state index contributed by atoms with van der Waals surface area (Å²) in [5.74, 6) is 0.414. The molecule has 25 heavy (non-hydrogen) atoms. The number of nitrogens with zero attached hydrogens (tertiary/aromatic N) is 2. The molecule has 7 heteroatoms. The van der Waals surface area contributed by atoms with Crippen LogP contribution in [0.1, 0.15) is 22.8 Å². The van der Waals surface area contributed by atoms with Gasteiger partial charge in [-0.15, -0.1) is 0 Å². The lowest BCUT2D eigenvalue weighted by Gasteiger charge is -2.23. The zero-order valence-corrected chi connectivity index (χ0v) is 16.0. The van der Waals surface area contributed by atoms with Gasteiger partial charge >= 0.3 is 5.97 Å². The number of carbonyl (C=O) groups is 1. The normalized spacial score (nSPS) is 10.4. The topological polar surface area (TPSA) is 62.7 Å². The van der Waals surface area contributed by atoms with Crippen LogP contribution in [-0.2, 0) is 6.54 Å². The number of pyridine rings is 1. The van der Waals surface area contributed by atoms with Gasteiger partial charge in [0.2, 0.25) is 0 Å². The largest absolute Gasteiger partial charge is 0.488 e. The third kappa shape index (κ3) is 5.47. The van der Waals surface area contributed by atoms with E-state index in [1.165, 1.54) is 6.20 Å². The minimum atomic E-state index is -0.994. The monoisotopic (exact) mass is 424 g/mol. The maximum atomic E-state index is 11.0. The number of ether oxygens (including phenoxy) is 1. The van der Waals surface area contributed by atoms with Crippen molar-refractivity contribution in [3.8, 4) is 5.75 Å². The van der Waals surface area contributed by atoms with Gasteiger partial charge in [0, 0.05) is 34.4 Å². The smallest absolute Gasteiger partial charge is 0.337 e. The number of carboxylic acid groups (broad SMARTS) is 1. The van der Waals surface area contributed by atoms with Gasteiger partial charge in [-0.1, -0.05) is 34.1 Å². The third-order valence-corrected chi connectivity index (χ3v) is 4.07. The number of rotatable bonds is 8. The molecule has 1 aromatic heterocycles. The molecule has 0 atom stereocenters. The van der Waals surface area contributed by atoms with E-state index in [-0.39, 0.29) is 12.2 Å². The molecule has 0 aliphatic carbocycles. The SMILES string of the molecule is C=C(Cl)COc1ccc(Br)cc1CN(CC)c1ccc(C(=O)O)cn1. The molecule has 0 saturated heterocycles. The molecule has 2 rings (SSSR count). The zero-order valence-electron chi connectivity index (χ0n) is 13.7. The van der Waals surface area contributed by atoms with Crippen LogP contribution in [0.25, 0.3) is 0 Å². The lowest BCUT2D eigenvalue weighted by Crippen LogP contribution is -2.23. The summed E-state index contributed by atoms with van der Waals surface area (Å²) in [4.78, 5) is 17.2. The average Bonchev–Trinajstić information content (AvgIpc) is 2.58. The van der Waals surface area contributed by atoms with Crippen molar-refractivity contribution in [1.29, 1.82) is 0 Å². The Kier molecular flexibility index (Phi) is 6.84. The molecular weight excluding hydrogens is 408 g/mol. The number of carboxylic acids is 1. The summed E-state index contributed by atoms with van der Waals surface area (Å²) in [6.45, 7) is 7.12. The quantitative estimate of drug-likeness (QED) is 0.664. The molecule has 5 nitrogen and oxygen atoms in total. The van der Waals surface area contributed by atoms with Crippen molar-refractivity contribution in [2.24, 2.45) is 0 Å². The first kappa shape index (κ1) is 19.3. The molecule has 0 fully saturated rings. The Bertz CT molecular complexity index is 765. The Hall–Kier alpha value is -2.05. The van der Waals surface area contributed by atoms with Crippen LogP contribution in [0.4, 0.5) is 5.82 Å². The Morgan fingerprint density at radius 3 is 2.72 bits per heavy atom. The van der Waals surface area contributed by atoms with Gasteiger partial charge in [-0.05, 0) is 37.3 Å². The highest BCUT2D eigenvalue weighted by Gasteiger charge is 2.13. The Balaban J connectivity index is 2.24. The van der Waals surface area contributed by atoms with Crippen molar-refractivity contribution < 1.29 is 14.6 Å². The predicted molar refractivity (Wildman–Crippen MR) is 103 cm³/mol. The Labute approximate surface area is 160 Å². The highest BCUT2D eigenvalue weighted by molar-refractivity contribution is 9.10. The van der Waals surface area contributed by atoms with Crippen molar-refractivity contribution in [3.63, 3.8) is 0 Å². The molecule has 0 radical (unpaired) electrons. The van der Waals surface area contributed by atoms with Gasteiger partial charge in [0.05, 0.1) is 5.56 Å². The number of hydrogen-bond donors (Lipinski definition) is 1. The molecule has 1 heterocycles. The van der Waals surface area contributed by atoms with E-state index in [0.29, 0.717) is 29.7 Å². The fraction of sp³-hybridized carbons (Fsp3) is 0.222. The van der Waals surface area contributed by atoms with Crippen LogP contribution in [0.3, 0.4) is 0 Å². The highest BCUT2D eigenvalue weighted by atomic mass is 79.9. The molecule has 2 aromatic rings. The molecule has 0 amide bonds. The Morgan fingerprint density at radius 2 is 2.16 bits per heavy atom. The second-order valence-corrected chi connectivity index (χ2v) is 6.73. The van der Waals surface area contributed by atoms with Crippen molar-refractivity contribution >= 4 is 39.3 Å². The van der Waals surface area contributed by atoms with E-state index in [4.69, 9.17) is 21.4 Å². The summed E-state index contributed by atoms with van der Waals surface area (Å²) in [5.41, 5.74) is 1.12. The van der Waals surface area contributed by atoms with Crippen molar-refractivity contribution in [2.45, 2.75) is 13.5 Å². The van der Waals surface area contributed by atoms with Gasteiger partial charge in [-0.3, -0.25) is 0 Å². The van der Waals surface area contributed by atoms with Crippen LogP contribution in [0.2, 0.25) is 0 Å². The predicted octanol–water partition coefficient (Wildman–Crippen LogP) is 4.70. The van der Waals surface area contributed by atoms with Crippen LogP contribution in [0.5, 0.6) is 5.75 Å². The minimum absolute atomic E-state index is 0.159. The summed E-state index contributed by atoms with van der Waals surface area (Å²) >= 11 is 9.25. The summed E-state index contributed by atoms with van der Waals surface area (Å²) in [7, 11) is 0. The van der Waals surface area contributed by atoms with Crippen molar-refractivity contribution in [2.75, 3.05) is 18.1 Å². The number of halogens is 2. The van der Waals surface area contributed by atoms with E-state index in [1.807, 2.05) is 30.0 Å². The standard InChI is InChI=1S/C18H18BrClN2O3/c1-3-22(17-7-4-13(9-21-17)18(23)24)10-14-8-15(19)5-6-16(14)25-11-12(2)20/h4-9H,2-3,10-11H2,1H3,(H,23,24). The van der Waals surface area contributed by atoms with E-state index < -0.39 is 5.97 Å². The lowest BCUT2D eigenvalue weighted by atomic mass is 10.2. The summed E-state index contributed by atoms with van der Waals surface area (Å²) in [6, 6.07) is 8.98. The van der Waals surface area contributed by atoms with Crippen molar-refractivity contribution in [1.82, 2.24) is 4.98 Å². The van der Waals surface area contributed by atoms with Gasteiger partial charge in [0.1, 0.15) is 18.2 Å². The highest BCUT2D eigenvalue weighted by Crippen LogP contribution is 2.26. The average molecular weight is 426 g/mol. The Morgan fingerprint density at radius 1 is 1.40 bits per heavy atom. The third-order valence-electron chi connectivity index (χ3n) is 3.47. The van der Waals surface area contributed by atoms with Gasteiger partial charge < -0.3 is 14.7 Å². The van der Waals surface area contributed by atoms with Gasteiger partial charge in [0.25, 0.3) is 0 Å². The summed E-state index contributed by atoms with van der Waals surface area (Å²) in [5, 5.41) is 9.41. The first-order valence-corrected chi connectivity index (χ1v) is 8.76. The van der Waals surface area contributed by atoms with Crippen LogP contribution in [-0.4, -0.2) is 29.2 Å². The molecular formula is C18H18BrClN2O3. The van der Waals surface area contributed by atoms with E-state index in [0.717, 1.165) is 10.0 Å².